The second kappa shape index (κ2) is 6.22. The summed E-state index contributed by atoms with van der Waals surface area (Å²) >= 11 is 1.22. The molecule has 0 unspecified atom stereocenters. The number of amides is 1. The predicted molar refractivity (Wildman–Crippen MR) is 82.6 cm³/mol. The number of hydrogen-bond donors (Lipinski definition) is 1. The predicted octanol–water partition coefficient (Wildman–Crippen LogP) is 2.81. The molecule has 21 heavy (non-hydrogen) atoms. The molecule has 0 radical (unpaired) electrons. The zero-order chi connectivity index (χ0) is 15.6. The highest BCUT2D eigenvalue weighted by atomic mass is 32.1. The number of carbonyl (C=O) groups excluding carboxylic acids is 2. The van der Waals surface area contributed by atoms with E-state index in [1.165, 1.54) is 18.3 Å². The number of nitrogens with zero attached hydrogens (tertiary/aromatic N) is 2. The van der Waals surface area contributed by atoms with Gasteiger partial charge in [-0.25, -0.2) is 4.98 Å². The molecule has 2 aromatic heterocycles. The van der Waals surface area contributed by atoms with E-state index in [1.54, 1.807) is 18.3 Å². The molecule has 2 rings (SSSR count). The van der Waals surface area contributed by atoms with Crippen LogP contribution < -0.4 is 5.32 Å². The molecule has 1 amide bonds. The van der Waals surface area contributed by atoms with E-state index in [9.17, 15) is 9.59 Å². The van der Waals surface area contributed by atoms with Gasteiger partial charge in [-0.2, -0.15) is 0 Å². The van der Waals surface area contributed by atoms with E-state index in [-0.39, 0.29) is 23.7 Å². The minimum atomic E-state index is -0.172. The molecule has 2 heterocycles. The van der Waals surface area contributed by atoms with Gasteiger partial charge >= 0.3 is 0 Å². The quantitative estimate of drug-likeness (QED) is 0.864. The Balaban J connectivity index is 2.19. The van der Waals surface area contributed by atoms with Gasteiger partial charge in [-0.05, 0) is 25.0 Å². The molecule has 1 atom stereocenters. The van der Waals surface area contributed by atoms with E-state index < -0.39 is 0 Å². The van der Waals surface area contributed by atoms with Crippen molar-refractivity contribution in [3.05, 3.63) is 40.1 Å². The Labute approximate surface area is 128 Å². The first kappa shape index (κ1) is 15.4. The van der Waals surface area contributed by atoms with Crippen LogP contribution in [0, 0.1) is 5.92 Å². The fourth-order valence-corrected chi connectivity index (χ4v) is 2.87. The molecule has 0 aliphatic heterocycles. The van der Waals surface area contributed by atoms with Gasteiger partial charge < -0.3 is 9.88 Å². The van der Waals surface area contributed by atoms with Gasteiger partial charge in [0.2, 0.25) is 0 Å². The van der Waals surface area contributed by atoms with Crippen molar-refractivity contribution in [2.24, 2.45) is 13.0 Å². The molecule has 1 N–H and O–H groups in total. The van der Waals surface area contributed by atoms with Crippen LogP contribution in [0.25, 0.3) is 0 Å². The second-order valence-corrected chi connectivity index (χ2v) is 6.40. The molecule has 5 nitrogen and oxygen atoms in total. The number of aromatic nitrogens is 2. The second-order valence-electron chi connectivity index (χ2n) is 5.31. The first-order valence-corrected chi connectivity index (χ1v) is 7.60. The molecule has 0 fully saturated rings. The number of thiophene rings is 1. The van der Waals surface area contributed by atoms with Crippen molar-refractivity contribution in [3.8, 4) is 0 Å². The Hall–Kier alpha value is -1.95. The van der Waals surface area contributed by atoms with Gasteiger partial charge in [0.15, 0.2) is 5.78 Å². The average Bonchev–Trinajstić information content (AvgIpc) is 3.04. The molecule has 0 aliphatic rings. The number of hydrogen-bond acceptors (Lipinski definition) is 4. The summed E-state index contributed by atoms with van der Waals surface area (Å²) in [5, 5.41) is 3.01. The minimum absolute atomic E-state index is 0.0245. The van der Waals surface area contributed by atoms with E-state index >= 15 is 0 Å². The summed E-state index contributed by atoms with van der Waals surface area (Å²) in [6.07, 6.45) is 3.58. The summed E-state index contributed by atoms with van der Waals surface area (Å²) < 4.78 is 1.90. The van der Waals surface area contributed by atoms with Crippen molar-refractivity contribution in [2.75, 3.05) is 0 Å². The maximum atomic E-state index is 12.4. The average molecular weight is 305 g/mol. The van der Waals surface area contributed by atoms with Crippen LogP contribution in [0.2, 0.25) is 0 Å². The van der Waals surface area contributed by atoms with Gasteiger partial charge in [-0.1, -0.05) is 13.8 Å². The Bertz CT molecular complexity index is 657. The Morgan fingerprint density at radius 3 is 2.43 bits per heavy atom. The third-order valence-electron chi connectivity index (χ3n) is 3.27. The maximum absolute atomic E-state index is 12.4. The van der Waals surface area contributed by atoms with Crippen LogP contribution in [0.1, 0.15) is 52.0 Å². The SMILES string of the molecule is CC(=O)c1ccc(C(=O)N[C@@H](c2nccn2C)C(C)C)s1. The first-order chi connectivity index (χ1) is 9.90. The highest BCUT2D eigenvalue weighted by molar-refractivity contribution is 7.15. The van der Waals surface area contributed by atoms with E-state index in [4.69, 9.17) is 0 Å². The number of rotatable bonds is 5. The third-order valence-corrected chi connectivity index (χ3v) is 4.45. The fourth-order valence-electron chi connectivity index (χ4n) is 2.07. The van der Waals surface area contributed by atoms with Crippen LogP contribution in [0.5, 0.6) is 0 Å². The number of Topliss-reactive ketones (excluding diaryl/α,β-unsaturated/α-hetero) is 1. The fraction of sp³-hybridized carbons (Fsp3) is 0.400. The van der Waals surface area contributed by atoms with Gasteiger partial charge in [-0.15, -0.1) is 11.3 Å². The number of carbonyl (C=O) groups is 2. The lowest BCUT2D eigenvalue weighted by Gasteiger charge is -2.21. The molecule has 6 heteroatoms. The Morgan fingerprint density at radius 1 is 1.29 bits per heavy atom. The molecule has 0 bridgehead atoms. The van der Waals surface area contributed by atoms with Gasteiger partial charge in [0, 0.05) is 19.4 Å². The number of nitrogens with one attached hydrogen (secondary N) is 1. The van der Waals surface area contributed by atoms with Gasteiger partial charge in [0.25, 0.3) is 5.91 Å². The molecule has 0 aromatic carbocycles. The van der Waals surface area contributed by atoms with Gasteiger partial charge in [0.1, 0.15) is 5.82 Å². The normalized spacial score (nSPS) is 12.4. The highest BCUT2D eigenvalue weighted by Crippen LogP contribution is 2.22. The van der Waals surface area contributed by atoms with Crippen LogP contribution in [0.4, 0.5) is 0 Å². The largest absolute Gasteiger partial charge is 0.341 e. The third kappa shape index (κ3) is 3.39. The molecule has 0 spiro atoms. The lowest BCUT2D eigenvalue weighted by molar-refractivity contribution is 0.0926. The number of imidazole rings is 1. The lowest BCUT2D eigenvalue weighted by atomic mass is 10.0. The van der Waals surface area contributed by atoms with Gasteiger partial charge in [-0.3, -0.25) is 9.59 Å². The van der Waals surface area contributed by atoms with Crippen molar-refractivity contribution >= 4 is 23.0 Å². The van der Waals surface area contributed by atoms with Crippen LogP contribution in [0.3, 0.4) is 0 Å². The van der Waals surface area contributed by atoms with E-state index in [0.29, 0.717) is 9.75 Å². The van der Waals surface area contributed by atoms with Crippen LogP contribution >= 0.6 is 11.3 Å². The molecule has 112 valence electrons. The van der Waals surface area contributed by atoms with Crippen molar-refractivity contribution in [1.29, 1.82) is 0 Å². The van der Waals surface area contributed by atoms with E-state index in [1.807, 2.05) is 31.7 Å². The smallest absolute Gasteiger partial charge is 0.261 e. The summed E-state index contributed by atoms with van der Waals surface area (Å²) in [6, 6.07) is 3.21. The molecule has 2 aromatic rings. The topological polar surface area (TPSA) is 64.0 Å². The number of aryl methyl sites for hydroxylation is 1. The van der Waals surface area contributed by atoms with Crippen molar-refractivity contribution in [2.45, 2.75) is 26.8 Å². The van der Waals surface area contributed by atoms with Crippen LogP contribution in [0.15, 0.2) is 24.5 Å². The lowest BCUT2D eigenvalue weighted by Crippen LogP contribution is -2.33. The summed E-state index contributed by atoms with van der Waals surface area (Å²) in [6.45, 7) is 5.57. The van der Waals surface area contributed by atoms with E-state index in [0.717, 1.165) is 5.82 Å². The Kier molecular flexibility index (Phi) is 4.57. The van der Waals surface area contributed by atoms with Gasteiger partial charge in [0.05, 0.1) is 15.8 Å². The molecule has 0 aliphatic carbocycles. The number of ketones is 1. The standard InChI is InChI=1S/C15H19N3O2S/c1-9(2)13(14-16-7-8-18(14)4)17-15(20)12-6-5-11(21-12)10(3)19/h5-9,13H,1-4H3,(H,17,20)/t13-/m1/s1. The van der Waals surface area contributed by atoms with Crippen molar-refractivity contribution in [1.82, 2.24) is 14.9 Å². The van der Waals surface area contributed by atoms with Crippen LogP contribution in [-0.2, 0) is 7.05 Å². The zero-order valence-corrected chi connectivity index (χ0v) is 13.4. The molecular weight excluding hydrogens is 286 g/mol. The minimum Gasteiger partial charge on any atom is -0.341 e. The monoisotopic (exact) mass is 305 g/mol. The summed E-state index contributed by atoms with van der Waals surface area (Å²) in [4.78, 5) is 29.1. The highest BCUT2D eigenvalue weighted by Gasteiger charge is 2.23. The summed E-state index contributed by atoms with van der Waals surface area (Å²) in [5.74, 6) is 0.835. The molecule has 0 saturated carbocycles. The van der Waals surface area contributed by atoms with E-state index in [2.05, 4.69) is 10.3 Å². The molecule has 0 saturated heterocycles. The summed E-state index contributed by atoms with van der Waals surface area (Å²) in [5.41, 5.74) is 0. The van der Waals surface area contributed by atoms with Crippen LogP contribution in [-0.4, -0.2) is 21.2 Å². The first-order valence-electron chi connectivity index (χ1n) is 6.79. The maximum Gasteiger partial charge on any atom is 0.261 e. The van der Waals surface area contributed by atoms with Crippen molar-refractivity contribution < 1.29 is 9.59 Å². The summed E-state index contributed by atoms with van der Waals surface area (Å²) in [7, 11) is 1.91. The van der Waals surface area contributed by atoms with Crippen molar-refractivity contribution in [3.63, 3.8) is 0 Å². The molecular formula is C15H19N3O2S. The Morgan fingerprint density at radius 2 is 1.95 bits per heavy atom. The zero-order valence-electron chi connectivity index (χ0n) is 12.6.